The van der Waals surface area contributed by atoms with Crippen LogP contribution in [0.1, 0.15) is 70.5 Å². The molecule has 3 heteroatoms. The molecule has 0 atom stereocenters. The van der Waals surface area contributed by atoms with Crippen molar-refractivity contribution in [2.24, 2.45) is 0 Å². The minimum atomic E-state index is -0.217. The molecule has 0 unspecified atom stereocenters. The van der Waals surface area contributed by atoms with Gasteiger partial charge in [0.25, 0.3) is 0 Å². The van der Waals surface area contributed by atoms with Crippen LogP contribution in [0.15, 0.2) is 48.7 Å². The Bertz CT molecular complexity index is 909. The maximum atomic E-state index is 14.3. The summed E-state index contributed by atoms with van der Waals surface area (Å²) in [6.07, 6.45) is 1.99. The highest BCUT2D eigenvalue weighted by Crippen LogP contribution is 2.41. The summed E-state index contributed by atoms with van der Waals surface area (Å²) in [6.45, 7) is 13.0. The van der Waals surface area contributed by atoms with E-state index in [0.717, 1.165) is 22.4 Å². The van der Waals surface area contributed by atoms with Crippen LogP contribution in [0, 0.1) is 5.82 Å². The maximum absolute atomic E-state index is 14.3. The fourth-order valence-corrected chi connectivity index (χ4v) is 3.58. The Morgan fingerprint density at radius 2 is 1.44 bits per heavy atom. The summed E-state index contributed by atoms with van der Waals surface area (Å²) in [5.74, 6) is 0.483. The van der Waals surface area contributed by atoms with Crippen LogP contribution < -0.4 is 0 Å². The number of hydrogen-bond acceptors (Lipinski definition) is 1. The van der Waals surface area contributed by atoms with Crippen molar-refractivity contribution in [3.05, 3.63) is 65.6 Å². The van der Waals surface area contributed by atoms with Gasteiger partial charge in [0.15, 0.2) is 0 Å². The number of hydrogen-bond donors (Lipinski definition) is 0. The van der Waals surface area contributed by atoms with Gasteiger partial charge >= 0.3 is 0 Å². The van der Waals surface area contributed by atoms with Gasteiger partial charge in [0.05, 0.1) is 5.69 Å². The third-order valence-electron chi connectivity index (χ3n) is 5.04. The summed E-state index contributed by atoms with van der Waals surface area (Å²) in [6, 6.07) is 13.8. The van der Waals surface area contributed by atoms with Gasteiger partial charge in [-0.25, -0.2) is 4.39 Å². The fraction of sp³-hybridized carbons (Fsp3) is 0.375. The molecule has 1 aromatic heterocycles. The Hall–Kier alpha value is -2.42. The van der Waals surface area contributed by atoms with E-state index in [1.54, 1.807) is 6.07 Å². The molecule has 27 heavy (non-hydrogen) atoms. The van der Waals surface area contributed by atoms with Crippen LogP contribution in [0.25, 0.3) is 22.4 Å². The first-order valence-electron chi connectivity index (χ1n) is 9.77. The second kappa shape index (κ2) is 7.67. The van der Waals surface area contributed by atoms with Crippen molar-refractivity contribution in [1.29, 1.82) is 0 Å². The van der Waals surface area contributed by atoms with Crippen molar-refractivity contribution < 1.29 is 4.39 Å². The largest absolute Gasteiger partial charge is 0.270 e. The monoisotopic (exact) mass is 364 g/mol. The normalized spacial score (nSPS) is 11.8. The van der Waals surface area contributed by atoms with Gasteiger partial charge in [-0.05, 0) is 72.2 Å². The Kier molecular flexibility index (Phi) is 5.50. The van der Waals surface area contributed by atoms with E-state index in [-0.39, 0.29) is 11.9 Å². The van der Waals surface area contributed by atoms with Gasteiger partial charge in [-0.2, -0.15) is 5.10 Å². The summed E-state index contributed by atoms with van der Waals surface area (Å²) < 4.78 is 16.3. The highest BCUT2D eigenvalue weighted by Gasteiger charge is 2.20. The number of benzene rings is 2. The summed E-state index contributed by atoms with van der Waals surface area (Å²) in [5, 5.41) is 4.74. The minimum absolute atomic E-state index is 0.217. The van der Waals surface area contributed by atoms with Crippen LogP contribution in [0.4, 0.5) is 4.39 Å². The molecule has 3 rings (SSSR count). The molecule has 2 nitrogen and oxygen atoms in total. The quantitative estimate of drug-likeness (QED) is 0.468. The average Bonchev–Trinajstić information content (AvgIpc) is 3.11. The zero-order valence-corrected chi connectivity index (χ0v) is 17.1. The van der Waals surface area contributed by atoms with Gasteiger partial charge in [0.1, 0.15) is 5.82 Å². The first-order chi connectivity index (χ1) is 12.8. The SMILES string of the molecule is CC(C)c1cccc(C(C)C)c1-c1cc(F)ccc1-c1ccn(C(C)C)n1. The maximum Gasteiger partial charge on any atom is 0.123 e. The Balaban J connectivity index is 2.30. The highest BCUT2D eigenvalue weighted by atomic mass is 19.1. The summed E-state index contributed by atoms with van der Waals surface area (Å²) in [7, 11) is 0. The smallest absolute Gasteiger partial charge is 0.123 e. The number of nitrogens with zero attached hydrogens (tertiary/aromatic N) is 2. The molecule has 142 valence electrons. The van der Waals surface area contributed by atoms with Gasteiger partial charge in [0.2, 0.25) is 0 Å². The van der Waals surface area contributed by atoms with Crippen LogP contribution in [0.5, 0.6) is 0 Å². The minimum Gasteiger partial charge on any atom is -0.270 e. The second-order valence-corrected chi connectivity index (χ2v) is 8.09. The zero-order chi connectivity index (χ0) is 19.7. The Labute approximate surface area is 162 Å². The van der Waals surface area contributed by atoms with Crippen molar-refractivity contribution >= 4 is 0 Å². The molecular formula is C24H29FN2. The molecule has 1 heterocycles. The predicted octanol–water partition coefficient (Wildman–Crippen LogP) is 7.18. The zero-order valence-electron chi connectivity index (χ0n) is 17.1. The molecule has 0 saturated carbocycles. The van der Waals surface area contributed by atoms with E-state index in [1.165, 1.54) is 17.2 Å². The molecule has 0 amide bonds. The van der Waals surface area contributed by atoms with Crippen molar-refractivity contribution in [1.82, 2.24) is 9.78 Å². The topological polar surface area (TPSA) is 17.8 Å². The predicted molar refractivity (Wildman–Crippen MR) is 112 cm³/mol. The third kappa shape index (κ3) is 3.83. The molecule has 0 radical (unpaired) electrons. The molecule has 0 fully saturated rings. The van der Waals surface area contributed by atoms with Crippen molar-refractivity contribution in [2.45, 2.75) is 59.4 Å². The molecule has 0 aliphatic heterocycles. The molecular weight excluding hydrogens is 335 g/mol. The lowest BCUT2D eigenvalue weighted by Gasteiger charge is -2.21. The summed E-state index contributed by atoms with van der Waals surface area (Å²) in [5.41, 5.74) is 6.43. The summed E-state index contributed by atoms with van der Waals surface area (Å²) >= 11 is 0. The standard InChI is InChI=1S/C24H29FN2/c1-15(2)19-8-7-9-20(16(3)4)24(19)22-14-18(25)10-11-21(22)23-12-13-27(26-23)17(5)6/h7-17H,1-6H3. The molecule has 0 spiro atoms. The van der Waals surface area contributed by atoms with Gasteiger partial charge in [-0.3, -0.25) is 4.68 Å². The van der Waals surface area contributed by atoms with Gasteiger partial charge in [-0.15, -0.1) is 0 Å². The number of halogens is 1. The van der Waals surface area contributed by atoms with Gasteiger partial charge in [0, 0.05) is 17.8 Å². The van der Waals surface area contributed by atoms with E-state index in [9.17, 15) is 4.39 Å². The molecule has 0 N–H and O–H groups in total. The van der Waals surface area contributed by atoms with Crippen molar-refractivity contribution in [3.63, 3.8) is 0 Å². The van der Waals surface area contributed by atoms with Crippen LogP contribution in [0.2, 0.25) is 0 Å². The van der Waals surface area contributed by atoms with E-state index >= 15 is 0 Å². The number of rotatable bonds is 5. The number of aromatic nitrogens is 2. The van der Waals surface area contributed by atoms with E-state index in [4.69, 9.17) is 5.10 Å². The van der Waals surface area contributed by atoms with E-state index in [0.29, 0.717) is 11.8 Å². The van der Waals surface area contributed by atoms with E-state index in [2.05, 4.69) is 59.7 Å². The Morgan fingerprint density at radius 3 is 1.96 bits per heavy atom. The first-order valence-corrected chi connectivity index (χ1v) is 9.77. The molecule has 2 aromatic carbocycles. The average molecular weight is 365 g/mol. The fourth-order valence-electron chi connectivity index (χ4n) is 3.58. The highest BCUT2D eigenvalue weighted by molar-refractivity contribution is 5.85. The van der Waals surface area contributed by atoms with E-state index in [1.807, 2.05) is 23.0 Å². The lowest BCUT2D eigenvalue weighted by Crippen LogP contribution is -2.03. The third-order valence-corrected chi connectivity index (χ3v) is 5.04. The van der Waals surface area contributed by atoms with Crippen LogP contribution in [-0.4, -0.2) is 9.78 Å². The molecule has 0 aliphatic carbocycles. The van der Waals surface area contributed by atoms with Gasteiger partial charge < -0.3 is 0 Å². The molecule has 3 aromatic rings. The van der Waals surface area contributed by atoms with Crippen molar-refractivity contribution in [2.75, 3.05) is 0 Å². The molecule has 0 aliphatic rings. The van der Waals surface area contributed by atoms with Gasteiger partial charge in [-0.1, -0.05) is 45.9 Å². The first kappa shape index (κ1) is 19.3. The second-order valence-electron chi connectivity index (χ2n) is 8.09. The van der Waals surface area contributed by atoms with Crippen molar-refractivity contribution in [3.8, 4) is 22.4 Å². The molecule has 0 saturated heterocycles. The molecule has 0 bridgehead atoms. The van der Waals surface area contributed by atoms with Crippen LogP contribution >= 0.6 is 0 Å². The van der Waals surface area contributed by atoms with Crippen LogP contribution in [0.3, 0.4) is 0 Å². The van der Waals surface area contributed by atoms with E-state index < -0.39 is 0 Å². The summed E-state index contributed by atoms with van der Waals surface area (Å²) in [4.78, 5) is 0. The lowest BCUT2D eigenvalue weighted by molar-refractivity contribution is 0.534. The lowest BCUT2D eigenvalue weighted by atomic mass is 9.83. The van der Waals surface area contributed by atoms with Crippen LogP contribution in [-0.2, 0) is 0 Å². The Morgan fingerprint density at radius 1 is 0.815 bits per heavy atom.